The number of carboxylic acid groups (broad SMARTS) is 1. The third kappa shape index (κ3) is 8.40. The highest BCUT2D eigenvalue weighted by Gasteiger charge is 2.30. The Balaban J connectivity index is 1.52. The highest BCUT2D eigenvalue weighted by molar-refractivity contribution is 5.82. The van der Waals surface area contributed by atoms with Crippen molar-refractivity contribution in [3.63, 3.8) is 0 Å². The van der Waals surface area contributed by atoms with Crippen molar-refractivity contribution in [3.05, 3.63) is 23.8 Å². The number of hydrogen-bond acceptors (Lipinski definition) is 6. The molecule has 0 aromatic heterocycles. The lowest BCUT2D eigenvalue weighted by molar-refractivity contribution is -0.138. The van der Waals surface area contributed by atoms with Gasteiger partial charge in [0.1, 0.15) is 0 Å². The van der Waals surface area contributed by atoms with E-state index in [0.717, 1.165) is 44.3 Å². The van der Waals surface area contributed by atoms with Crippen LogP contribution in [-0.4, -0.2) is 74.2 Å². The summed E-state index contributed by atoms with van der Waals surface area (Å²) >= 11 is 0. The van der Waals surface area contributed by atoms with E-state index < -0.39 is 12.0 Å². The van der Waals surface area contributed by atoms with Gasteiger partial charge in [-0.2, -0.15) is 0 Å². The number of nitrogens with zero attached hydrogens (tertiary/aromatic N) is 1. The fraction of sp³-hybridized carbons (Fsp3) is 0.667. The van der Waals surface area contributed by atoms with Crippen molar-refractivity contribution in [1.82, 2.24) is 15.5 Å². The van der Waals surface area contributed by atoms with E-state index in [4.69, 9.17) is 9.47 Å². The molecule has 2 fully saturated rings. The monoisotopic (exact) mass is 503 g/mol. The van der Waals surface area contributed by atoms with E-state index in [1.807, 2.05) is 23.1 Å². The smallest absolute Gasteiger partial charge is 0.305 e. The maximum Gasteiger partial charge on any atom is 0.305 e. The van der Waals surface area contributed by atoms with E-state index in [1.54, 1.807) is 14.2 Å². The summed E-state index contributed by atoms with van der Waals surface area (Å²) in [4.78, 5) is 39.2. The summed E-state index contributed by atoms with van der Waals surface area (Å²) < 4.78 is 10.6. The summed E-state index contributed by atoms with van der Waals surface area (Å²) in [5.41, 5.74) is 0.973. The largest absolute Gasteiger partial charge is 0.493 e. The zero-order valence-electron chi connectivity index (χ0n) is 21.6. The van der Waals surface area contributed by atoms with Crippen LogP contribution < -0.4 is 20.1 Å². The number of aryl methyl sites for hydroxylation is 1. The number of carbonyl (C=O) groups is 3. The fourth-order valence-electron chi connectivity index (χ4n) is 5.21. The highest BCUT2D eigenvalue weighted by atomic mass is 16.5. The molecule has 2 atom stereocenters. The standard InChI is InChI=1S/C27H41N3O6/c1-35-23-9-6-20(16-24(23)36-2)5-8-22(17-26(32)33)29-27(34)21-4-3-15-30(18-21)25(31)10-7-19-11-13-28-14-12-19/h6,9,16,19,21-22,28H,3-5,7-8,10-15,17-18H2,1-2H3,(H,29,34)(H,32,33)/t21-,22-/m1/s1. The van der Waals surface area contributed by atoms with E-state index in [1.165, 1.54) is 0 Å². The summed E-state index contributed by atoms with van der Waals surface area (Å²) in [5, 5.41) is 15.7. The van der Waals surface area contributed by atoms with Gasteiger partial charge in [0.05, 0.1) is 26.6 Å². The van der Waals surface area contributed by atoms with Gasteiger partial charge in [0.25, 0.3) is 0 Å². The Labute approximate surface area is 213 Å². The molecule has 1 aromatic carbocycles. The Morgan fingerprint density at radius 3 is 2.58 bits per heavy atom. The number of rotatable bonds is 12. The summed E-state index contributed by atoms with van der Waals surface area (Å²) in [6.45, 7) is 3.14. The zero-order valence-corrected chi connectivity index (χ0v) is 21.6. The molecule has 9 nitrogen and oxygen atoms in total. The first-order chi connectivity index (χ1) is 17.4. The number of amides is 2. The lowest BCUT2D eigenvalue weighted by atomic mass is 9.92. The summed E-state index contributed by atoms with van der Waals surface area (Å²) in [5.74, 6) is 0.544. The van der Waals surface area contributed by atoms with Crippen molar-refractivity contribution in [3.8, 4) is 11.5 Å². The molecule has 2 aliphatic rings. The van der Waals surface area contributed by atoms with Crippen LogP contribution in [0.4, 0.5) is 0 Å². The first-order valence-electron chi connectivity index (χ1n) is 13.1. The molecule has 0 spiro atoms. The van der Waals surface area contributed by atoms with E-state index in [2.05, 4.69) is 10.6 Å². The quantitative estimate of drug-likeness (QED) is 0.401. The molecule has 2 aliphatic heterocycles. The van der Waals surface area contributed by atoms with Crippen LogP contribution in [0, 0.1) is 11.8 Å². The normalized spacial score (nSPS) is 19.4. The Kier molecular flexibility index (Phi) is 10.8. The maximum absolute atomic E-state index is 13.1. The third-order valence-corrected chi connectivity index (χ3v) is 7.37. The number of ether oxygens (including phenoxy) is 2. The van der Waals surface area contributed by atoms with Gasteiger partial charge in [0.2, 0.25) is 11.8 Å². The van der Waals surface area contributed by atoms with Crippen molar-refractivity contribution in [1.29, 1.82) is 0 Å². The van der Waals surface area contributed by atoms with E-state index in [0.29, 0.717) is 56.2 Å². The number of aliphatic carboxylic acids is 1. The molecule has 0 saturated carbocycles. The second-order valence-electron chi connectivity index (χ2n) is 9.94. The predicted molar refractivity (Wildman–Crippen MR) is 136 cm³/mol. The molecule has 2 heterocycles. The number of benzene rings is 1. The topological polar surface area (TPSA) is 117 Å². The van der Waals surface area contributed by atoms with Gasteiger partial charge in [-0.1, -0.05) is 6.07 Å². The van der Waals surface area contributed by atoms with Gasteiger partial charge in [0, 0.05) is 25.6 Å². The van der Waals surface area contributed by atoms with E-state index in [9.17, 15) is 19.5 Å². The first kappa shape index (κ1) is 27.8. The van der Waals surface area contributed by atoms with Gasteiger partial charge < -0.3 is 30.1 Å². The van der Waals surface area contributed by atoms with Crippen LogP contribution in [0.3, 0.4) is 0 Å². The molecule has 3 N–H and O–H groups in total. The van der Waals surface area contributed by atoms with Crippen LogP contribution in [0.5, 0.6) is 11.5 Å². The number of carbonyl (C=O) groups excluding carboxylic acids is 2. The molecule has 0 bridgehead atoms. The van der Waals surface area contributed by atoms with Crippen molar-refractivity contribution in [2.24, 2.45) is 11.8 Å². The zero-order chi connectivity index (χ0) is 25.9. The molecule has 2 saturated heterocycles. The maximum atomic E-state index is 13.1. The molecule has 0 aliphatic carbocycles. The Bertz CT molecular complexity index is 886. The fourth-order valence-corrected chi connectivity index (χ4v) is 5.21. The highest BCUT2D eigenvalue weighted by Crippen LogP contribution is 2.28. The van der Waals surface area contributed by atoms with Crippen LogP contribution >= 0.6 is 0 Å². The lowest BCUT2D eigenvalue weighted by Gasteiger charge is -2.33. The number of nitrogens with one attached hydrogen (secondary N) is 2. The van der Waals surface area contributed by atoms with Crippen LogP contribution in [0.15, 0.2) is 18.2 Å². The third-order valence-electron chi connectivity index (χ3n) is 7.37. The van der Waals surface area contributed by atoms with Crippen molar-refractivity contribution in [2.45, 2.75) is 63.8 Å². The first-order valence-corrected chi connectivity index (χ1v) is 13.1. The van der Waals surface area contributed by atoms with Crippen molar-refractivity contribution < 1.29 is 29.0 Å². The second-order valence-corrected chi connectivity index (χ2v) is 9.94. The van der Waals surface area contributed by atoms with Crippen LogP contribution in [-0.2, 0) is 20.8 Å². The Hall–Kier alpha value is -2.81. The van der Waals surface area contributed by atoms with Gasteiger partial charge in [-0.05, 0) is 81.6 Å². The summed E-state index contributed by atoms with van der Waals surface area (Å²) in [6, 6.07) is 5.11. The predicted octanol–water partition coefficient (Wildman–Crippen LogP) is 2.61. The second kappa shape index (κ2) is 14.1. The van der Waals surface area contributed by atoms with Crippen molar-refractivity contribution >= 4 is 17.8 Å². The molecule has 36 heavy (non-hydrogen) atoms. The molecular formula is C27H41N3O6. The minimum atomic E-state index is -0.953. The SMILES string of the molecule is COc1ccc(CC[C@H](CC(=O)O)NC(=O)[C@@H]2CCCN(C(=O)CCC3CCNCC3)C2)cc1OC. The van der Waals surface area contributed by atoms with Gasteiger partial charge in [0.15, 0.2) is 11.5 Å². The van der Waals surface area contributed by atoms with Gasteiger partial charge in [-0.15, -0.1) is 0 Å². The van der Waals surface area contributed by atoms with Crippen LogP contribution in [0.1, 0.15) is 56.9 Å². The summed E-state index contributed by atoms with van der Waals surface area (Å²) in [6.07, 6.45) is 6.09. The van der Waals surface area contributed by atoms with Crippen LogP contribution in [0.25, 0.3) is 0 Å². The van der Waals surface area contributed by atoms with Gasteiger partial charge >= 0.3 is 5.97 Å². The molecule has 1 aromatic rings. The van der Waals surface area contributed by atoms with Gasteiger partial charge in [-0.25, -0.2) is 0 Å². The molecule has 200 valence electrons. The summed E-state index contributed by atoms with van der Waals surface area (Å²) in [7, 11) is 3.14. The number of piperidine rings is 2. The minimum Gasteiger partial charge on any atom is -0.493 e. The molecule has 9 heteroatoms. The number of carboxylic acids is 1. The van der Waals surface area contributed by atoms with E-state index in [-0.39, 0.29) is 24.2 Å². The lowest BCUT2D eigenvalue weighted by Crippen LogP contribution is -2.48. The number of methoxy groups -OCH3 is 2. The average molecular weight is 504 g/mol. The number of hydrogen-bond donors (Lipinski definition) is 3. The van der Waals surface area contributed by atoms with Gasteiger partial charge in [-0.3, -0.25) is 14.4 Å². The molecule has 0 unspecified atom stereocenters. The Morgan fingerprint density at radius 1 is 1.14 bits per heavy atom. The molecular weight excluding hydrogens is 462 g/mol. The minimum absolute atomic E-state index is 0.126. The van der Waals surface area contributed by atoms with Crippen molar-refractivity contribution in [2.75, 3.05) is 40.4 Å². The molecule has 3 rings (SSSR count). The molecule has 2 amide bonds. The molecule has 0 radical (unpaired) electrons. The van der Waals surface area contributed by atoms with Crippen LogP contribution in [0.2, 0.25) is 0 Å². The van der Waals surface area contributed by atoms with E-state index >= 15 is 0 Å². The number of likely N-dealkylation sites (tertiary alicyclic amines) is 1. The Morgan fingerprint density at radius 2 is 1.89 bits per heavy atom. The average Bonchev–Trinajstić information content (AvgIpc) is 2.90.